The Bertz CT molecular complexity index is 1800. The van der Waals surface area contributed by atoms with Gasteiger partial charge in [0.05, 0.1) is 16.3 Å². The van der Waals surface area contributed by atoms with Gasteiger partial charge in [-0.05, 0) is 22.9 Å². The van der Waals surface area contributed by atoms with Gasteiger partial charge in [0.25, 0.3) is 5.69 Å². The van der Waals surface area contributed by atoms with E-state index in [1.165, 1.54) is 12.1 Å². The van der Waals surface area contributed by atoms with E-state index in [1.807, 2.05) is 84.9 Å². The van der Waals surface area contributed by atoms with Crippen molar-refractivity contribution >= 4 is 55.9 Å². The van der Waals surface area contributed by atoms with Crippen LogP contribution in [-0.2, 0) is 4.74 Å². The van der Waals surface area contributed by atoms with Crippen molar-refractivity contribution in [1.29, 1.82) is 5.41 Å². The Morgan fingerprint density at radius 3 is 1.95 bits per heavy atom. The van der Waals surface area contributed by atoms with E-state index in [9.17, 15) is 10.1 Å². The lowest BCUT2D eigenvalue weighted by Gasteiger charge is -2.12. The van der Waals surface area contributed by atoms with Crippen LogP contribution < -0.4 is 10.9 Å². The number of nitrogens with one attached hydrogen (secondary N) is 3. The van der Waals surface area contributed by atoms with Crippen molar-refractivity contribution < 1.29 is 9.66 Å². The van der Waals surface area contributed by atoms with E-state index in [4.69, 9.17) is 10.1 Å². The van der Waals surface area contributed by atoms with Crippen molar-refractivity contribution in [2.45, 2.75) is 6.10 Å². The molecule has 0 aliphatic carbocycles. The van der Waals surface area contributed by atoms with Crippen molar-refractivity contribution in [3.8, 4) is 0 Å². The largest absolute Gasteiger partial charge is 0.461 e. The van der Waals surface area contributed by atoms with Gasteiger partial charge in [-0.15, -0.1) is 0 Å². The minimum atomic E-state index is -0.868. The molecule has 0 spiro atoms. The summed E-state index contributed by atoms with van der Waals surface area (Å²) >= 11 is 0. The van der Waals surface area contributed by atoms with Crippen LogP contribution in [0.2, 0.25) is 0 Å². The van der Waals surface area contributed by atoms with Crippen LogP contribution >= 0.6 is 0 Å². The van der Waals surface area contributed by atoms with Gasteiger partial charge in [0.2, 0.25) is 5.90 Å². The molecular formula is C30H22N6O3. The molecule has 1 saturated heterocycles. The molecule has 6 rings (SSSR count). The molecule has 1 fully saturated rings. The molecule has 1 heterocycles. The van der Waals surface area contributed by atoms with Crippen LogP contribution in [0.3, 0.4) is 0 Å². The first-order valence-corrected chi connectivity index (χ1v) is 12.2. The van der Waals surface area contributed by atoms with Gasteiger partial charge in [0.15, 0.2) is 11.8 Å². The summed E-state index contributed by atoms with van der Waals surface area (Å²) in [5.41, 5.74) is 8.62. The first kappa shape index (κ1) is 23.8. The highest BCUT2D eigenvalue weighted by molar-refractivity contribution is 6.69. The van der Waals surface area contributed by atoms with E-state index < -0.39 is 11.0 Å². The molecule has 0 saturated carbocycles. The van der Waals surface area contributed by atoms with Crippen molar-refractivity contribution in [3.05, 3.63) is 125 Å². The Morgan fingerprint density at radius 1 is 0.744 bits per heavy atom. The van der Waals surface area contributed by atoms with Gasteiger partial charge in [-0.3, -0.25) is 26.4 Å². The molecule has 190 valence electrons. The molecule has 0 bridgehead atoms. The van der Waals surface area contributed by atoms with Crippen LogP contribution in [-0.4, -0.2) is 22.2 Å². The Kier molecular flexibility index (Phi) is 6.14. The highest BCUT2D eigenvalue weighted by atomic mass is 16.6. The summed E-state index contributed by atoms with van der Waals surface area (Å²) in [5.74, 6) is -0.197. The van der Waals surface area contributed by atoms with Gasteiger partial charge in [-0.2, -0.15) is 10.2 Å². The third-order valence-electron chi connectivity index (χ3n) is 6.49. The minimum absolute atomic E-state index is 0.0803. The number of hydrogen-bond donors (Lipinski definition) is 3. The maximum atomic E-state index is 11.4. The summed E-state index contributed by atoms with van der Waals surface area (Å²) in [4.78, 5) is 11.0. The molecule has 0 unspecified atom stereocenters. The molecule has 1 aliphatic heterocycles. The van der Waals surface area contributed by atoms with E-state index in [0.29, 0.717) is 11.3 Å². The summed E-state index contributed by atoms with van der Waals surface area (Å²) in [6.07, 6.45) is -0.868. The van der Waals surface area contributed by atoms with Crippen molar-refractivity contribution in [2.24, 2.45) is 10.2 Å². The number of fused-ring (bicyclic) bond motifs is 2. The minimum Gasteiger partial charge on any atom is -0.461 e. The number of hydrogen-bond acceptors (Lipinski definition) is 8. The van der Waals surface area contributed by atoms with Gasteiger partial charge in [-0.25, -0.2) is 0 Å². The zero-order chi connectivity index (χ0) is 26.8. The summed E-state index contributed by atoms with van der Waals surface area (Å²) in [5, 5.41) is 33.2. The van der Waals surface area contributed by atoms with Crippen molar-refractivity contribution in [2.75, 3.05) is 10.9 Å². The number of nitro groups is 1. The summed E-state index contributed by atoms with van der Waals surface area (Å²) < 4.78 is 5.88. The third-order valence-corrected chi connectivity index (χ3v) is 6.49. The monoisotopic (exact) mass is 514 g/mol. The number of rotatable bonds is 6. The number of anilines is 2. The lowest BCUT2D eigenvalue weighted by atomic mass is 10.0. The van der Waals surface area contributed by atoms with E-state index in [-0.39, 0.29) is 17.3 Å². The predicted molar refractivity (Wildman–Crippen MR) is 155 cm³/mol. The first-order chi connectivity index (χ1) is 19.1. The number of ether oxygens (including phenoxy) is 1. The number of benzene rings is 5. The average Bonchev–Trinajstić information content (AvgIpc) is 3.29. The smallest absolute Gasteiger partial charge is 0.269 e. The predicted octanol–water partition coefficient (Wildman–Crippen LogP) is 6.89. The van der Waals surface area contributed by atoms with Crippen molar-refractivity contribution in [3.63, 3.8) is 0 Å². The molecule has 1 atom stereocenters. The van der Waals surface area contributed by atoms with Gasteiger partial charge in [0, 0.05) is 28.5 Å². The van der Waals surface area contributed by atoms with Crippen LogP contribution in [0.1, 0.15) is 11.7 Å². The van der Waals surface area contributed by atoms with Gasteiger partial charge >= 0.3 is 0 Å². The van der Waals surface area contributed by atoms with Gasteiger partial charge < -0.3 is 4.74 Å². The zero-order valence-corrected chi connectivity index (χ0v) is 20.5. The molecule has 5 aromatic rings. The molecule has 0 aromatic heterocycles. The van der Waals surface area contributed by atoms with Crippen LogP contribution in [0, 0.1) is 15.5 Å². The second-order valence-corrected chi connectivity index (χ2v) is 8.91. The van der Waals surface area contributed by atoms with Crippen LogP contribution in [0.4, 0.5) is 17.1 Å². The molecule has 1 aliphatic rings. The fraction of sp³-hybridized carbons (Fsp3) is 0.0333. The molecule has 9 nitrogen and oxygen atoms in total. The van der Waals surface area contributed by atoms with Crippen LogP contribution in [0.25, 0.3) is 21.5 Å². The lowest BCUT2D eigenvalue weighted by molar-refractivity contribution is -0.384. The first-order valence-electron chi connectivity index (χ1n) is 12.2. The van der Waals surface area contributed by atoms with E-state index in [0.717, 1.165) is 32.9 Å². The fourth-order valence-corrected chi connectivity index (χ4v) is 4.60. The van der Waals surface area contributed by atoms with Crippen LogP contribution in [0.5, 0.6) is 0 Å². The molecular weight excluding hydrogens is 492 g/mol. The molecule has 0 radical (unpaired) electrons. The van der Waals surface area contributed by atoms with E-state index in [2.05, 4.69) is 21.1 Å². The third kappa shape index (κ3) is 4.64. The maximum Gasteiger partial charge on any atom is 0.269 e. The summed E-state index contributed by atoms with van der Waals surface area (Å²) in [7, 11) is 0. The fourth-order valence-electron chi connectivity index (χ4n) is 4.60. The zero-order valence-electron chi connectivity index (χ0n) is 20.5. The molecule has 9 heteroatoms. The van der Waals surface area contributed by atoms with Crippen molar-refractivity contribution in [1.82, 2.24) is 0 Å². The second-order valence-electron chi connectivity index (χ2n) is 8.91. The quantitative estimate of drug-likeness (QED) is 0.168. The van der Waals surface area contributed by atoms with Gasteiger partial charge in [0.1, 0.15) is 5.71 Å². The number of non-ortho nitro benzene ring substituents is 1. The second kappa shape index (κ2) is 10.1. The summed E-state index contributed by atoms with van der Waals surface area (Å²) in [6, 6.07) is 33.6. The van der Waals surface area contributed by atoms with Crippen LogP contribution in [0.15, 0.2) is 119 Å². The lowest BCUT2D eigenvalue weighted by Crippen LogP contribution is -2.19. The Balaban J connectivity index is 1.42. The number of hydrazone groups is 2. The van der Waals surface area contributed by atoms with Gasteiger partial charge in [-0.1, -0.05) is 84.9 Å². The Morgan fingerprint density at radius 2 is 1.31 bits per heavy atom. The van der Waals surface area contributed by atoms with E-state index >= 15 is 0 Å². The Hall–Kier alpha value is -5.57. The summed E-state index contributed by atoms with van der Waals surface area (Å²) in [6.45, 7) is 0. The standard InChI is InChI=1S/C30H22N6O3/c31-30-28(35-33-26-17-7-11-20-9-2-4-15-24(20)26)27(29(39-30)21-12-5-13-22(18-21)36(37)38)34-32-25-16-6-10-19-8-1-3-14-23(19)25/h1-18,29,31-33H/b31-30?,34-27+,35-28+/t29-/m1/s1. The Labute approximate surface area is 223 Å². The highest BCUT2D eigenvalue weighted by Gasteiger charge is 2.38. The topological polar surface area (TPSA) is 125 Å². The molecule has 5 aromatic carbocycles. The molecule has 39 heavy (non-hydrogen) atoms. The molecule has 0 amide bonds. The number of nitro benzene ring substituents is 1. The highest BCUT2D eigenvalue weighted by Crippen LogP contribution is 2.31. The van der Waals surface area contributed by atoms with E-state index in [1.54, 1.807) is 12.1 Å². The average molecular weight is 515 g/mol. The number of nitrogens with zero attached hydrogens (tertiary/aromatic N) is 3. The molecule has 3 N–H and O–H groups in total. The normalized spacial score (nSPS) is 17.0. The SMILES string of the molecule is N=C1O[C@H](c2cccc([N+](=O)[O-])c2)C(=N/Nc2cccc3ccccc23)/C1=N\Nc1cccc2ccccc12. The maximum absolute atomic E-state index is 11.4.